The first-order valence-corrected chi connectivity index (χ1v) is 10.6. The molecule has 0 unspecified atom stereocenters. The lowest BCUT2D eigenvalue weighted by Gasteiger charge is -2.30. The summed E-state index contributed by atoms with van der Waals surface area (Å²) in [4.78, 5) is 27.4. The maximum absolute atomic E-state index is 13.1. The van der Waals surface area contributed by atoms with Crippen LogP contribution in [0.2, 0.25) is 15.1 Å². The third-order valence-corrected chi connectivity index (χ3v) is 5.72. The molecule has 0 saturated heterocycles. The van der Waals surface area contributed by atoms with Crippen molar-refractivity contribution in [3.05, 3.63) is 68.7 Å². The molecule has 2 aromatic rings. The van der Waals surface area contributed by atoms with E-state index in [1.54, 1.807) is 42.2 Å². The Morgan fingerprint density at radius 2 is 1.72 bits per heavy atom. The Kier molecular flexibility index (Phi) is 8.81. The van der Waals surface area contributed by atoms with Crippen molar-refractivity contribution in [2.24, 2.45) is 0 Å². The van der Waals surface area contributed by atoms with Crippen LogP contribution in [0.5, 0.6) is 0 Å². The van der Waals surface area contributed by atoms with Crippen LogP contribution in [0, 0.1) is 0 Å². The fourth-order valence-corrected chi connectivity index (χ4v) is 3.34. The van der Waals surface area contributed by atoms with Gasteiger partial charge in [0.1, 0.15) is 6.04 Å². The summed E-state index contributed by atoms with van der Waals surface area (Å²) >= 11 is 18.1. The minimum atomic E-state index is -0.641. The first-order chi connectivity index (χ1) is 13.7. The molecule has 4 nitrogen and oxygen atoms in total. The van der Waals surface area contributed by atoms with Gasteiger partial charge in [-0.1, -0.05) is 59.9 Å². The number of nitrogens with zero attached hydrogens (tertiary/aromatic N) is 1. The molecule has 0 fully saturated rings. The number of amides is 2. The Bertz CT molecular complexity index is 873. The Balaban J connectivity index is 2.25. The molecule has 0 spiro atoms. The highest BCUT2D eigenvalue weighted by molar-refractivity contribution is 6.42. The lowest BCUT2D eigenvalue weighted by molar-refractivity contribution is -0.140. The first kappa shape index (κ1) is 23.5. The summed E-state index contributed by atoms with van der Waals surface area (Å²) in [5, 5.41) is 4.34. The fraction of sp³-hybridized carbons (Fsp3) is 0.364. The van der Waals surface area contributed by atoms with Gasteiger partial charge in [-0.05, 0) is 55.7 Å². The van der Waals surface area contributed by atoms with E-state index in [1.165, 1.54) is 0 Å². The molecular formula is C22H25Cl3N2O2. The maximum atomic E-state index is 13.1. The molecule has 2 rings (SSSR count). The Morgan fingerprint density at radius 3 is 2.34 bits per heavy atom. The van der Waals surface area contributed by atoms with Gasteiger partial charge in [-0.25, -0.2) is 0 Å². The van der Waals surface area contributed by atoms with Crippen LogP contribution in [0.3, 0.4) is 0 Å². The fourth-order valence-electron chi connectivity index (χ4n) is 2.81. The van der Waals surface area contributed by atoms with Crippen molar-refractivity contribution in [1.82, 2.24) is 10.2 Å². The number of nitrogens with one attached hydrogen (secondary N) is 1. The predicted molar refractivity (Wildman–Crippen MR) is 120 cm³/mol. The molecule has 0 aliphatic heterocycles. The SMILES string of the molecule is CC[C@H](C)NC(=O)[C@@H](C)N(Cc1cccc(Cl)c1)C(=O)Cc1ccc(Cl)c(Cl)c1. The molecule has 2 atom stereocenters. The summed E-state index contributed by atoms with van der Waals surface area (Å²) in [5.74, 6) is -0.376. The standard InChI is InChI=1S/C22H25Cl3N2O2/c1-4-14(2)26-22(29)15(3)27(13-17-6-5-7-18(23)10-17)21(28)12-16-8-9-19(24)20(25)11-16/h5-11,14-15H,4,12-13H2,1-3H3,(H,26,29)/t14-,15+/m0/s1. The zero-order valence-corrected chi connectivity index (χ0v) is 19.0. The van der Waals surface area contributed by atoms with E-state index < -0.39 is 6.04 Å². The van der Waals surface area contributed by atoms with Gasteiger partial charge >= 0.3 is 0 Å². The predicted octanol–water partition coefficient (Wildman–Crippen LogP) is 5.52. The minimum absolute atomic E-state index is 0.0307. The van der Waals surface area contributed by atoms with E-state index in [-0.39, 0.29) is 30.8 Å². The van der Waals surface area contributed by atoms with E-state index in [9.17, 15) is 9.59 Å². The normalized spacial score (nSPS) is 12.9. The van der Waals surface area contributed by atoms with Gasteiger partial charge in [0.2, 0.25) is 11.8 Å². The molecule has 0 saturated carbocycles. The average molecular weight is 456 g/mol. The van der Waals surface area contributed by atoms with Crippen molar-refractivity contribution in [1.29, 1.82) is 0 Å². The maximum Gasteiger partial charge on any atom is 0.242 e. The lowest BCUT2D eigenvalue weighted by Crippen LogP contribution is -2.49. The van der Waals surface area contributed by atoms with E-state index >= 15 is 0 Å². The molecule has 156 valence electrons. The molecule has 2 amide bonds. The highest BCUT2D eigenvalue weighted by Gasteiger charge is 2.27. The van der Waals surface area contributed by atoms with Gasteiger partial charge in [0.25, 0.3) is 0 Å². The number of hydrogen-bond acceptors (Lipinski definition) is 2. The van der Waals surface area contributed by atoms with E-state index in [0.717, 1.165) is 17.5 Å². The number of carbonyl (C=O) groups is 2. The highest BCUT2D eigenvalue weighted by Crippen LogP contribution is 2.23. The molecule has 7 heteroatoms. The van der Waals surface area contributed by atoms with Crippen LogP contribution in [-0.2, 0) is 22.6 Å². The second-order valence-corrected chi connectivity index (χ2v) is 8.32. The monoisotopic (exact) mass is 454 g/mol. The van der Waals surface area contributed by atoms with Gasteiger partial charge in [0.15, 0.2) is 0 Å². The molecule has 2 aromatic carbocycles. The van der Waals surface area contributed by atoms with Crippen LogP contribution >= 0.6 is 34.8 Å². The van der Waals surface area contributed by atoms with Gasteiger partial charge in [-0.15, -0.1) is 0 Å². The van der Waals surface area contributed by atoms with Crippen molar-refractivity contribution in [2.45, 2.75) is 52.2 Å². The number of rotatable bonds is 8. The average Bonchev–Trinajstić information content (AvgIpc) is 2.68. The summed E-state index contributed by atoms with van der Waals surface area (Å²) < 4.78 is 0. The van der Waals surface area contributed by atoms with Crippen LogP contribution in [0.15, 0.2) is 42.5 Å². The second kappa shape index (κ2) is 10.9. The molecule has 0 aliphatic carbocycles. The van der Waals surface area contributed by atoms with Gasteiger partial charge < -0.3 is 10.2 Å². The van der Waals surface area contributed by atoms with Gasteiger partial charge in [-0.2, -0.15) is 0 Å². The molecule has 0 heterocycles. The summed E-state index contributed by atoms with van der Waals surface area (Å²) in [6.45, 7) is 5.93. The Hall–Kier alpha value is -1.75. The zero-order chi connectivity index (χ0) is 21.6. The van der Waals surface area contributed by atoms with Crippen LogP contribution in [-0.4, -0.2) is 28.8 Å². The van der Waals surface area contributed by atoms with E-state index in [4.69, 9.17) is 34.8 Å². The highest BCUT2D eigenvalue weighted by atomic mass is 35.5. The van der Waals surface area contributed by atoms with Crippen LogP contribution in [0.1, 0.15) is 38.3 Å². The Morgan fingerprint density at radius 1 is 1.00 bits per heavy atom. The largest absolute Gasteiger partial charge is 0.352 e. The molecule has 0 aromatic heterocycles. The van der Waals surface area contributed by atoms with Gasteiger partial charge in [0, 0.05) is 17.6 Å². The quantitative estimate of drug-likeness (QED) is 0.569. The van der Waals surface area contributed by atoms with Crippen LogP contribution in [0.25, 0.3) is 0 Å². The molecule has 29 heavy (non-hydrogen) atoms. The number of hydrogen-bond donors (Lipinski definition) is 1. The van der Waals surface area contributed by atoms with E-state index in [2.05, 4.69) is 5.32 Å². The number of benzene rings is 2. The third-order valence-electron chi connectivity index (χ3n) is 4.75. The molecule has 0 bridgehead atoms. The van der Waals surface area contributed by atoms with Gasteiger partial charge in [0.05, 0.1) is 16.5 Å². The van der Waals surface area contributed by atoms with Crippen LogP contribution < -0.4 is 5.32 Å². The summed E-state index contributed by atoms with van der Waals surface area (Å²) in [6.07, 6.45) is 0.919. The second-order valence-electron chi connectivity index (χ2n) is 7.07. The minimum Gasteiger partial charge on any atom is -0.352 e. The van der Waals surface area contributed by atoms with Crippen molar-refractivity contribution in [3.8, 4) is 0 Å². The van der Waals surface area contributed by atoms with Crippen molar-refractivity contribution >= 4 is 46.6 Å². The molecular weight excluding hydrogens is 431 g/mol. The van der Waals surface area contributed by atoms with E-state index in [0.29, 0.717) is 15.1 Å². The zero-order valence-electron chi connectivity index (χ0n) is 16.7. The number of halogens is 3. The smallest absolute Gasteiger partial charge is 0.242 e. The molecule has 1 N–H and O–H groups in total. The number of carbonyl (C=O) groups excluding carboxylic acids is 2. The Labute approximate surface area is 187 Å². The van der Waals surface area contributed by atoms with Gasteiger partial charge in [-0.3, -0.25) is 9.59 Å². The topological polar surface area (TPSA) is 49.4 Å². The third kappa shape index (κ3) is 6.91. The van der Waals surface area contributed by atoms with Crippen LogP contribution in [0.4, 0.5) is 0 Å². The molecule has 0 radical (unpaired) electrons. The van der Waals surface area contributed by atoms with Crippen molar-refractivity contribution in [2.75, 3.05) is 0 Å². The summed E-state index contributed by atoms with van der Waals surface area (Å²) in [5.41, 5.74) is 1.58. The summed E-state index contributed by atoms with van der Waals surface area (Å²) in [6, 6.07) is 11.7. The summed E-state index contributed by atoms with van der Waals surface area (Å²) in [7, 11) is 0. The van der Waals surface area contributed by atoms with E-state index in [1.807, 2.05) is 26.0 Å². The molecule has 0 aliphatic rings. The first-order valence-electron chi connectivity index (χ1n) is 9.49. The lowest BCUT2D eigenvalue weighted by atomic mass is 10.1. The van der Waals surface area contributed by atoms with Crippen molar-refractivity contribution in [3.63, 3.8) is 0 Å². The van der Waals surface area contributed by atoms with Crippen molar-refractivity contribution < 1.29 is 9.59 Å².